The van der Waals surface area contributed by atoms with Gasteiger partial charge < -0.3 is 5.32 Å². The van der Waals surface area contributed by atoms with Gasteiger partial charge in [0.15, 0.2) is 0 Å². The molecule has 0 aliphatic rings. The van der Waals surface area contributed by atoms with Gasteiger partial charge in [0.2, 0.25) is 0 Å². The third-order valence-corrected chi connectivity index (χ3v) is 4.05. The Morgan fingerprint density at radius 2 is 2.27 bits per heavy atom. The van der Waals surface area contributed by atoms with Gasteiger partial charge in [-0.3, -0.25) is 4.79 Å². The highest BCUT2D eigenvalue weighted by atomic mass is 127. The molecule has 1 unspecified atom stereocenters. The molecule has 0 spiro atoms. The summed E-state index contributed by atoms with van der Waals surface area (Å²) in [5.41, 5.74) is 0. The lowest BCUT2D eigenvalue weighted by Crippen LogP contribution is -2.32. The van der Waals surface area contributed by atoms with Gasteiger partial charge in [-0.2, -0.15) is 0 Å². The lowest BCUT2D eigenvalue weighted by atomic mass is 10.1. The summed E-state index contributed by atoms with van der Waals surface area (Å²) < 4.78 is 3.20. The Hall–Kier alpha value is 0.830. The summed E-state index contributed by atoms with van der Waals surface area (Å²) >= 11 is 4.42. The van der Waals surface area contributed by atoms with E-state index in [0.29, 0.717) is 0 Å². The summed E-state index contributed by atoms with van der Waals surface area (Å²) in [4.78, 5) is 10.9. The molecular formula is C7H11I2NO. The van der Waals surface area contributed by atoms with E-state index in [1.165, 1.54) is 3.58 Å². The Morgan fingerprint density at radius 1 is 1.73 bits per heavy atom. The summed E-state index contributed by atoms with van der Waals surface area (Å²) in [7, 11) is 1.81. The van der Waals surface area contributed by atoms with Crippen LogP contribution < -0.4 is 5.32 Å². The second kappa shape index (κ2) is 6.36. The maximum Gasteiger partial charge on any atom is 0.147 e. The maximum atomic E-state index is 10.9. The first-order chi connectivity index (χ1) is 5.11. The summed E-state index contributed by atoms with van der Waals surface area (Å²) in [5, 5.41) is 2.97. The van der Waals surface area contributed by atoms with Crippen LogP contribution in [0.3, 0.4) is 0 Å². The molecule has 0 bridgehead atoms. The van der Waals surface area contributed by atoms with Crippen LogP contribution >= 0.6 is 45.2 Å². The summed E-state index contributed by atoms with van der Waals surface area (Å²) in [5.74, 6) is 0.194. The standard InChI is InChI=1S/C7H11I2NO/c1-5(11)7(10-2)3-6(9)4-8/h4,7,10H,3H2,1-2H3/b6-4-. The summed E-state index contributed by atoms with van der Waals surface area (Å²) in [6, 6.07) is -0.0204. The van der Waals surface area contributed by atoms with Crippen molar-refractivity contribution in [3.63, 3.8) is 0 Å². The van der Waals surface area contributed by atoms with Gasteiger partial charge in [-0.05, 0) is 44.2 Å². The number of Topliss-reactive ketones (excluding diaryl/α,β-unsaturated/α-hetero) is 1. The number of carbonyl (C=O) groups excluding carboxylic acids is 1. The summed E-state index contributed by atoms with van der Waals surface area (Å²) in [6.45, 7) is 1.61. The number of nitrogens with one attached hydrogen (secondary N) is 1. The van der Waals surface area contributed by atoms with E-state index in [4.69, 9.17) is 0 Å². The number of halogens is 2. The van der Waals surface area contributed by atoms with Gasteiger partial charge in [0, 0.05) is 6.42 Å². The zero-order chi connectivity index (χ0) is 8.85. The monoisotopic (exact) mass is 379 g/mol. The predicted octanol–water partition coefficient (Wildman–Crippen LogP) is 2.26. The number of rotatable bonds is 4. The Kier molecular flexibility index (Phi) is 6.84. The lowest BCUT2D eigenvalue weighted by Gasteiger charge is -2.10. The van der Waals surface area contributed by atoms with Crippen LogP contribution in [0.2, 0.25) is 0 Å². The average Bonchev–Trinajstić information content (AvgIpc) is 1.99. The molecule has 0 aliphatic carbocycles. The van der Waals surface area contributed by atoms with E-state index < -0.39 is 0 Å². The van der Waals surface area contributed by atoms with Crippen molar-refractivity contribution in [2.24, 2.45) is 0 Å². The minimum Gasteiger partial charge on any atom is -0.310 e. The van der Waals surface area contributed by atoms with Crippen LogP contribution in [0.5, 0.6) is 0 Å². The van der Waals surface area contributed by atoms with E-state index in [9.17, 15) is 4.79 Å². The predicted molar refractivity (Wildman–Crippen MR) is 64.3 cm³/mol. The van der Waals surface area contributed by atoms with Crippen LogP contribution in [0.1, 0.15) is 13.3 Å². The molecule has 0 fully saturated rings. The molecule has 0 aromatic rings. The first-order valence-corrected chi connectivity index (χ1v) is 5.56. The van der Waals surface area contributed by atoms with Crippen LogP contribution in [0.4, 0.5) is 0 Å². The Labute approximate surface area is 94.5 Å². The molecule has 0 saturated carbocycles. The zero-order valence-corrected chi connectivity index (χ0v) is 10.8. The van der Waals surface area contributed by atoms with E-state index in [2.05, 4.69) is 50.5 Å². The molecule has 64 valence electrons. The number of hydrogen-bond donors (Lipinski definition) is 1. The number of hydrogen-bond acceptors (Lipinski definition) is 2. The van der Waals surface area contributed by atoms with Gasteiger partial charge in [0.1, 0.15) is 5.78 Å². The van der Waals surface area contributed by atoms with Crippen molar-refractivity contribution in [3.05, 3.63) is 7.66 Å². The van der Waals surface area contributed by atoms with Gasteiger partial charge in [0.25, 0.3) is 0 Å². The first-order valence-electron chi connectivity index (χ1n) is 3.24. The Morgan fingerprint density at radius 3 is 2.55 bits per heavy atom. The van der Waals surface area contributed by atoms with Crippen LogP contribution in [0.25, 0.3) is 0 Å². The topological polar surface area (TPSA) is 29.1 Å². The second-order valence-corrected chi connectivity index (χ2v) is 4.22. The van der Waals surface area contributed by atoms with Crippen LogP contribution in [0.15, 0.2) is 7.66 Å². The fourth-order valence-electron chi connectivity index (χ4n) is 0.689. The number of likely N-dealkylation sites (N-methyl/N-ethyl adjacent to an activating group) is 1. The molecule has 0 saturated heterocycles. The third-order valence-electron chi connectivity index (χ3n) is 1.36. The number of ketones is 1. The molecule has 0 amide bonds. The highest BCUT2D eigenvalue weighted by Crippen LogP contribution is 2.15. The van der Waals surface area contributed by atoms with E-state index >= 15 is 0 Å². The van der Waals surface area contributed by atoms with Crippen molar-refractivity contribution in [1.82, 2.24) is 5.32 Å². The minimum absolute atomic E-state index is 0.0204. The highest BCUT2D eigenvalue weighted by Gasteiger charge is 2.11. The molecule has 0 rings (SSSR count). The fraction of sp³-hybridized carbons (Fsp3) is 0.571. The van der Waals surface area contributed by atoms with Gasteiger partial charge in [-0.1, -0.05) is 22.6 Å². The SMILES string of the molecule is CNC(C/C(I)=C/I)C(C)=O. The minimum atomic E-state index is -0.0204. The van der Waals surface area contributed by atoms with E-state index in [0.717, 1.165) is 6.42 Å². The molecular weight excluding hydrogens is 368 g/mol. The molecule has 0 heterocycles. The van der Waals surface area contributed by atoms with E-state index in [1.54, 1.807) is 6.92 Å². The van der Waals surface area contributed by atoms with Gasteiger partial charge >= 0.3 is 0 Å². The summed E-state index contributed by atoms with van der Waals surface area (Å²) in [6.07, 6.45) is 0.801. The van der Waals surface area contributed by atoms with Crippen molar-refractivity contribution in [1.29, 1.82) is 0 Å². The largest absolute Gasteiger partial charge is 0.310 e. The Bertz CT molecular complexity index is 168. The average molecular weight is 379 g/mol. The second-order valence-electron chi connectivity index (χ2n) is 2.21. The van der Waals surface area contributed by atoms with Crippen molar-refractivity contribution in [3.8, 4) is 0 Å². The highest BCUT2D eigenvalue weighted by molar-refractivity contribution is 14.1. The van der Waals surface area contributed by atoms with Crippen LogP contribution in [-0.2, 0) is 4.79 Å². The molecule has 0 aliphatic heterocycles. The molecule has 4 heteroatoms. The van der Waals surface area contributed by atoms with E-state index in [1.807, 2.05) is 11.1 Å². The fourth-order valence-corrected chi connectivity index (χ4v) is 1.38. The van der Waals surface area contributed by atoms with Gasteiger partial charge in [-0.25, -0.2) is 0 Å². The molecule has 0 radical (unpaired) electrons. The maximum absolute atomic E-state index is 10.9. The van der Waals surface area contributed by atoms with Crippen LogP contribution in [0, 0.1) is 0 Å². The lowest BCUT2D eigenvalue weighted by molar-refractivity contribution is -0.118. The van der Waals surface area contributed by atoms with Gasteiger partial charge in [0.05, 0.1) is 6.04 Å². The molecule has 2 nitrogen and oxygen atoms in total. The molecule has 0 aromatic carbocycles. The van der Waals surface area contributed by atoms with E-state index in [-0.39, 0.29) is 11.8 Å². The quantitative estimate of drug-likeness (QED) is 0.760. The smallest absolute Gasteiger partial charge is 0.147 e. The van der Waals surface area contributed by atoms with Crippen molar-refractivity contribution < 1.29 is 4.79 Å². The third kappa shape index (κ3) is 5.13. The molecule has 1 N–H and O–H groups in total. The zero-order valence-electron chi connectivity index (χ0n) is 6.53. The molecule has 11 heavy (non-hydrogen) atoms. The molecule has 1 atom stereocenters. The molecule has 0 aromatic heterocycles. The van der Waals surface area contributed by atoms with Crippen LogP contribution in [-0.4, -0.2) is 18.9 Å². The normalized spacial score (nSPS) is 14.7. The number of carbonyl (C=O) groups is 1. The van der Waals surface area contributed by atoms with Crippen molar-refractivity contribution in [2.75, 3.05) is 7.05 Å². The first kappa shape index (κ1) is 11.8. The van der Waals surface area contributed by atoms with Crippen molar-refractivity contribution in [2.45, 2.75) is 19.4 Å². The Balaban J connectivity index is 3.98. The van der Waals surface area contributed by atoms with Crippen molar-refractivity contribution >= 4 is 51.0 Å². The van der Waals surface area contributed by atoms with Gasteiger partial charge in [-0.15, -0.1) is 0 Å².